The molecule has 0 aromatic carbocycles. The number of carbonyl (C=O) groups excluding carboxylic acids is 1. The smallest absolute Gasteiger partial charge is 0.274 e. The van der Waals surface area contributed by atoms with E-state index in [9.17, 15) is 4.79 Å². The van der Waals surface area contributed by atoms with Gasteiger partial charge in [-0.15, -0.1) is 0 Å². The predicted octanol–water partition coefficient (Wildman–Crippen LogP) is 0.526. The van der Waals surface area contributed by atoms with Crippen molar-refractivity contribution in [3.05, 3.63) is 23.9 Å². The van der Waals surface area contributed by atoms with Gasteiger partial charge in [-0.1, -0.05) is 0 Å². The third-order valence-electron chi connectivity index (χ3n) is 3.69. The molecule has 0 atom stereocenters. The third-order valence-corrected chi connectivity index (χ3v) is 4.64. The second-order valence-electron chi connectivity index (χ2n) is 4.97. The summed E-state index contributed by atoms with van der Waals surface area (Å²) in [6.07, 6.45) is 1.83. The van der Waals surface area contributed by atoms with E-state index in [4.69, 9.17) is 4.74 Å². The molecule has 1 amide bonds. The van der Waals surface area contributed by atoms with Crippen LogP contribution < -0.4 is 9.88 Å². The summed E-state index contributed by atoms with van der Waals surface area (Å²) in [6.45, 7) is 5.03. The van der Waals surface area contributed by atoms with E-state index in [2.05, 4.69) is 9.88 Å². The minimum Gasteiger partial charge on any atom is -0.373 e. The molecule has 2 aliphatic heterocycles. The first kappa shape index (κ1) is 13.7. The number of rotatable bonds is 2. The molecule has 2 fully saturated rings. The van der Waals surface area contributed by atoms with E-state index >= 15 is 0 Å². The first-order chi connectivity index (χ1) is 9.84. The molecule has 0 unspecified atom stereocenters. The summed E-state index contributed by atoms with van der Waals surface area (Å²) < 4.78 is 5.34. The minimum atomic E-state index is 0.134. The number of hydrogen-bond donors (Lipinski definition) is 0. The van der Waals surface area contributed by atoms with Gasteiger partial charge < -0.3 is 9.64 Å². The van der Waals surface area contributed by atoms with Gasteiger partial charge in [-0.25, -0.2) is 4.98 Å². The van der Waals surface area contributed by atoms with Crippen LogP contribution in [0.5, 0.6) is 0 Å². The van der Waals surface area contributed by atoms with Crippen molar-refractivity contribution in [3.8, 4) is 0 Å². The molecule has 0 radical (unpaired) electrons. The highest BCUT2D eigenvalue weighted by atomic mass is 32.2. The highest BCUT2D eigenvalue weighted by Crippen LogP contribution is 2.14. The van der Waals surface area contributed by atoms with Crippen LogP contribution in [0.4, 0.5) is 5.82 Å². The van der Waals surface area contributed by atoms with Gasteiger partial charge in [0.15, 0.2) is 0 Å². The van der Waals surface area contributed by atoms with Crippen molar-refractivity contribution in [3.63, 3.8) is 0 Å². The number of aromatic amines is 1. The molecule has 0 spiro atoms. The molecule has 0 saturated carbocycles. The topological polar surface area (TPSA) is 46.9 Å². The first-order valence-corrected chi connectivity index (χ1v) is 8.21. The van der Waals surface area contributed by atoms with Crippen LogP contribution in [0.15, 0.2) is 18.3 Å². The fraction of sp³-hybridized carbons (Fsp3) is 0.571. The lowest BCUT2D eigenvalue weighted by Crippen LogP contribution is -2.40. The standard InChI is InChI=1S/C14H19N3O2S/c18-14(17-5-9-20-10-6-17)12-1-2-13(15-11-12)16-3-7-19-8-4-16/h1-2,11H,3-10H2/p+1. The molecule has 2 saturated heterocycles. The van der Waals surface area contributed by atoms with E-state index in [1.807, 2.05) is 35.0 Å². The van der Waals surface area contributed by atoms with Crippen LogP contribution in [-0.4, -0.2) is 61.7 Å². The zero-order chi connectivity index (χ0) is 13.8. The van der Waals surface area contributed by atoms with E-state index in [0.717, 1.165) is 62.3 Å². The Labute approximate surface area is 123 Å². The number of amides is 1. The molecule has 108 valence electrons. The summed E-state index contributed by atoms with van der Waals surface area (Å²) in [7, 11) is 0. The second-order valence-corrected chi connectivity index (χ2v) is 6.19. The number of carbonyl (C=O) groups is 1. The van der Waals surface area contributed by atoms with Gasteiger partial charge in [0, 0.05) is 30.7 Å². The number of anilines is 1. The van der Waals surface area contributed by atoms with E-state index in [1.165, 1.54) is 0 Å². The maximum absolute atomic E-state index is 12.4. The first-order valence-electron chi connectivity index (χ1n) is 7.06. The molecule has 1 aromatic rings. The van der Waals surface area contributed by atoms with Crippen molar-refractivity contribution >= 4 is 23.5 Å². The molecule has 5 nitrogen and oxygen atoms in total. The summed E-state index contributed by atoms with van der Waals surface area (Å²) in [5, 5.41) is 0. The number of aromatic nitrogens is 1. The summed E-state index contributed by atoms with van der Waals surface area (Å²) >= 11 is 1.91. The van der Waals surface area contributed by atoms with Gasteiger partial charge in [0.1, 0.15) is 19.3 Å². The Bertz CT molecular complexity index is 454. The molecule has 6 heteroatoms. The monoisotopic (exact) mass is 294 g/mol. The molecule has 0 bridgehead atoms. The molecular formula is C14H20N3O2S+. The average molecular weight is 294 g/mol. The number of morpholine rings is 1. The predicted molar refractivity (Wildman–Crippen MR) is 79.3 cm³/mol. The molecule has 0 aliphatic carbocycles. The quantitative estimate of drug-likeness (QED) is 0.798. The Kier molecular flexibility index (Phi) is 4.42. The van der Waals surface area contributed by atoms with Crippen LogP contribution in [0.1, 0.15) is 10.4 Å². The highest BCUT2D eigenvalue weighted by Gasteiger charge is 2.22. The Morgan fingerprint density at radius 1 is 1.15 bits per heavy atom. The normalized spacial score (nSPS) is 20.0. The van der Waals surface area contributed by atoms with Crippen molar-refractivity contribution in [1.29, 1.82) is 0 Å². The summed E-state index contributed by atoms with van der Waals surface area (Å²) in [4.78, 5) is 19.8. The maximum atomic E-state index is 12.4. The summed E-state index contributed by atoms with van der Waals surface area (Å²) in [6, 6.07) is 3.92. The van der Waals surface area contributed by atoms with Crippen LogP contribution in [0.3, 0.4) is 0 Å². The highest BCUT2D eigenvalue weighted by molar-refractivity contribution is 7.99. The van der Waals surface area contributed by atoms with Gasteiger partial charge in [-0.05, 0) is 6.07 Å². The lowest BCUT2D eigenvalue weighted by Gasteiger charge is -2.26. The number of pyridine rings is 1. The van der Waals surface area contributed by atoms with Gasteiger partial charge in [-0.2, -0.15) is 11.8 Å². The Morgan fingerprint density at radius 2 is 1.90 bits per heavy atom. The fourth-order valence-electron chi connectivity index (χ4n) is 2.50. The summed E-state index contributed by atoms with van der Waals surface area (Å²) in [5.74, 6) is 3.27. The van der Waals surface area contributed by atoms with Crippen LogP contribution in [0.2, 0.25) is 0 Å². The van der Waals surface area contributed by atoms with Crippen molar-refractivity contribution in [1.82, 2.24) is 4.90 Å². The number of nitrogens with one attached hydrogen (secondary N) is 1. The molecule has 2 aliphatic rings. The molecule has 1 aromatic heterocycles. The van der Waals surface area contributed by atoms with Gasteiger partial charge >= 0.3 is 0 Å². The van der Waals surface area contributed by atoms with Gasteiger partial charge in [0.25, 0.3) is 11.7 Å². The van der Waals surface area contributed by atoms with E-state index in [-0.39, 0.29) is 5.91 Å². The maximum Gasteiger partial charge on any atom is 0.274 e. The Hall–Kier alpha value is -1.27. The zero-order valence-electron chi connectivity index (χ0n) is 11.5. The van der Waals surface area contributed by atoms with Gasteiger partial charge in [-0.3, -0.25) is 9.69 Å². The van der Waals surface area contributed by atoms with Gasteiger partial charge in [0.2, 0.25) is 0 Å². The Balaban J connectivity index is 1.67. The number of H-pyrrole nitrogens is 1. The molecule has 3 heterocycles. The SMILES string of the molecule is O=C(c1ccc(N2CCOCC2)[nH+]c1)N1CCSCC1. The molecule has 3 rings (SSSR count). The number of hydrogen-bond acceptors (Lipinski definition) is 4. The number of thioether (sulfide) groups is 1. The zero-order valence-corrected chi connectivity index (χ0v) is 12.3. The molecule has 20 heavy (non-hydrogen) atoms. The number of nitrogens with zero attached hydrogens (tertiary/aromatic N) is 2. The third kappa shape index (κ3) is 3.07. The fourth-order valence-corrected chi connectivity index (χ4v) is 3.40. The van der Waals surface area contributed by atoms with E-state index < -0.39 is 0 Å². The van der Waals surface area contributed by atoms with Crippen LogP contribution in [0, 0.1) is 0 Å². The van der Waals surface area contributed by atoms with Crippen LogP contribution >= 0.6 is 11.8 Å². The van der Waals surface area contributed by atoms with Crippen molar-refractivity contribution in [2.24, 2.45) is 0 Å². The van der Waals surface area contributed by atoms with Crippen LogP contribution in [0.25, 0.3) is 0 Å². The Morgan fingerprint density at radius 3 is 2.55 bits per heavy atom. The lowest BCUT2D eigenvalue weighted by atomic mass is 10.2. The average Bonchev–Trinajstić information content (AvgIpc) is 2.56. The largest absolute Gasteiger partial charge is 0.373 e. The summed E-state index contributed by atoms with van der Waals surface area (Å²) in [5.41, 5.74) is 0.744. The van der Waals surface area contributed by atoms with E-state index in [1.54, 1.807) is 0 Å². The van der Waals surface area contributed by atoms with Crippen molar-refractivity contribution in [2.45, 2.75) is 0 Å². The van der Waals surface area contributed by atoms with Crippen molar-refractivity contribution in [2.75, 3.05) is 55.8 Å². The molecule has 1 N–H and O–H groups in total. The van der Waals surface area contributed by atoms with E-state index in [0.29, 0.717) is 0 Å². The number of ether oxygens (including phenoxy) is 1. The lowest BCUT2D eigenvalue weighted by molar-refractivity contribution is -0.364. The second kappa shape index (κ2) is 6.45. The van der Waals surface area contributed by atoms with Crippen molar-refractivity contribution < 1.29 is 14.5 Å². The molecular weight excluding hydrogens is 274 g/mol. The van der Waals surface area contributed by atoms with Gasteiger partial charge in [0.05, 0.1) is 18.8 Å². The van der Waals surface area contributed by atoms with Crippen LogP contribution in [-0.2, 0) is 4.74 Å². The minimum absolute atomic E-state index is 0.134.